The number of hydrogen-bond acceptors (Lipinski definition) is 0. The molecule has 1 aromatic carbocycles. The Balaban J connectivity index is 2.60. The first-order valence-corrected chi connectivity index (χ1v) is 3.48. The van der Waals surface area contributed by atoms with E-state index in [0.717, 1.165) is 0 Å². The quantitative estimate of drug-likeness (QED) is 0.505. The number of aryl methyl sites for hydroxylation is 1. The van der Waals surface area contributed by atoms with Gasteiger partial charge in [-0.25, -0.2) is 0 Å². The molecule has 1 aliphatic carbocycles. The molecule has 0 heteroatoms. The van der Waals surface area contributed by atoms with Gasteiger partial charge in [-0.05, 0) is 18.1 Å². The van der Waals surface area contributed by atoms with Crippen LogP contribution in [0.5, 0.6) is 0 Å². The molecule has 0 N–H and O–H groups in total. The van der Waals surface area contributed by atoms with Crippen LogP contribution < -0.4 is 0 Å². The monoisotopic (exact) mass is 129 g/mol. The summed E-state index contributed by atoms with van der Waals surface area (Å²) in [6.45, 7) is 2.12. The molecule has 1 aliphatic rings. The summed E-state index contributed by atoms with van der Waals surface area (Å²) in [6.07, 6.45) is 6.36. The Bertz CT molecular complexity index is 282. The normalized spacial score (nSPS) is 13.7. The number of hydrogen-bond donors (Lipinski definition) is 0. The Labute approximate surface area is 61.2 Å². The van der Waals surface area contributed by atoms with Crippen LogP contribution >= 0.6 is 0 Å². The molecule has 0 unspecified atom stereocenters. The highest BCUT2D eigenvalue weighted by atomic mass is 14.1. The van der Waals surface area contributed by atoms with Crippen LogP contribution in [0.3, 0.4) is 0 Å². The zero-order chi connectivity index (χ0) is 6.97. The molecule has 0 amide bonds. The van der Waals surface area contributed by atoms with Gasteiger partial charge in [-0.1, -0.05) is 35.9 Å². The van der Waals surface area contributed by atoms with Crippen LogP contribution in [0.2, 0.25) is 0 Å². The molecule has 0 saturated heterocycles. The second-order valence-electron chi connectivity index (χ2n) is 2.66. The molecule has 0 fully saturated rings. The molecular formula is C10H9. The van der Waals surface area contributed by atoms with Crippen molar-refractivity contribution in [1.29, 1.82) is 0 Å². The Morgan fingerprint density at radius 1 is 1.10 bits per heavy atom. The van der Waals surface area contributed by atoms with Crippen molar-refractivity contribution < 1.29 is 0 Å². The van der Waals surface area contributed by atoms with Gasteiger partial charge >= 0.3 is 0 Å². The van der Waals surface area contributed by atoms with E-state index in [1.807, 2.05) is 0 Å². The van der Waals surface area contributed by atoms with Crippen molar-refractivity contribution in [1.82, 2.24) is 0 Å². The second-order valence-corrected chi connectivity index (χ2v) is 2.66. The van der Waals surface area contributed by atoms with Gasteiger partial charge in [-0.2, -0.15) is 0 Å². The van der Waals surface area contributed by atoms with Gasteiger partial charge in [0.25, 0.3) is 0 Å². The van der Waals surface area contributed by atoms with E-state index >= 15 is 0 Å². The van der Waals surface area contributed by atoms with Crippen LogP contribution in [0, 0.1) is 13.3 Å². The Morgan fingerprint density at radius 3 is 2.90 bits per heavy atom. The standard InChI is InChI=1S/C10H9/c1-8-5-6-9-3-2-4-10(9)7-8/h2-7H,1H3. The van der Waals surface area contributed by atoms with Gasteiger partial charge in [0.05, 0.1) is 0 Å². The number of benzene rings is 1. The fourth-order valence-corrected chi connectivity index (χ4v) is 1.25. The number of allylic oxidation sites excluding steroid dienone is 1. The lowest BCUT2D eigenvalue weighted by molar-refractivity contribution is 1.43. The van der Waals surface area contributed by atoms with Crippen LogP contribution in [0.4, 0.5) is 0 Å². The van der Waals surface area contributed by atoms with E-state index in [1.54, 1.807) is 0 Å². The zero-order valence-corrected chi connectivity index (χ0v) is 5.96. The van der Waals surface area contributed by atoms with E-state index in [9.17, 15) is 0 Å². The van der Waals surface area contributed by atoms with Crippen LogP contribution in [0.25, 0.3) is 6.08 Å². The van der Waals surface area contributed by atoms with Crippen LogP contribution in [0.1, 0.15) is 16.7 Å². The summed E-state index contributed by atoms with van der Waals surface area (Å²) < 4.78 is 0. The van der Waals surface area contributed by atoms with Gasteiger partial charge < -0.3 is 0 Å². The maximum atomic E-state index is 2.20. The molecule has 2 rings (SSSR count). The van der Waals surface area contributed by atoms with Crippen molar-refractivity contribution in [2.75, 3.05) is 0 Å². The summed E-state index contributed by atoms with van der Waals surface area (Å²) in [6, 6.07) is 6.50. The fraction of sp³-hybridized carbons (Fsp3) is 0.100. The summed E-state index contributed by atoms with van der Waals surface area (Å²) in [5, 5.41) is 0. The average Bonchev–Trinajstić information content (AvgIpc) is 2.33. The van der Waals surface area contributed by atoms with Crippen molar-refractivity contribution in [3.05, 3.63) is 47.4 Å². The maximum absolute atomic E-state index is 2.20. The predicted octanol–water partition coefficient (Wildman–Crippen LogP) is 2.57. The molecular weight excluding hydrogens is 120 g/mol. The Kier molecular flexibility index (Phi) is 1.13. The molecule has 10 heavy (non-hydrogen) atoms. The first kappa shape index (κ1) is 5.72. The smallest absolute Gasteiger partial charge is 0.0131 e. The van der Waals surface area contributed by atoms with E-state index in [4.69, 9.17) is 0 Å². The molecule has 0 aliphatic heterocycles. The minimum Gasteiger partial charge on any atom is -0.0755 e. The van der Waals surface area contributed by atoms with E-state index < -0.39 is 0 Å². The second kappa shape index (κ2) is 1.98. The van der Waals surface area contributed by atoms with Crippen LogP contribution in [0.15, 0.2) is 24.3 Å². The van der Waals surface area contributed by atoms with Gasteiger partial charge in [0.15, 0.2) is 0 Å². The predicted molar refractivity (Wildman–Crippen MR) is 43.6 cm³/mol. The molecule has 0 bridgehead atoms. The largest absolute Gasteiger partial charge is 0.0755 e. The van der Waals surface area contributed by atoms with Crippen molar-refractivity contribution in [3.8, 4) is 0 Å². The van der Waals surface area contributed by atoms with Crippen LogP contribution in [-0.4, -0.2) is 0 Å². The van der Waals surface area contributed by atoms with Gasteiger partial charge in [0.2, 0.25) is 0 Å². The highest BCUT2D eigenvalue weighted by Gasteiger charge is 2.02. The minimum absolute atomic E-state index is 1.33. The average molecular weight is 129 g/mol. The molecule has 0 saturated carbocycles. The molecule has 0 aromatic heterocycles. The minimum atomic E-state index is 1.33. The molecule has 1 radical (unpaired) electrons. The van der Waals surface area contributed by atoms with Gasteiger partial charge in [0.1, 0.15) is 0 Å². The first-order valence-electron chi connectivity index (χ1n) is 3.48. The Hall–Kier alpha value is -1.04. The summed E-state index contributed by atoms with van der Waals surface area (Å²) in [7, 11) is 0. The number of fused-ring (bicyclic) bond motifs is 1. The molecule has 49 valence electrons. The summed E-state index contributed by atoms with van der Waals surface area (Å²) >= 11 is 0. The lowest BCUT2D eigenvalue weighted by atomic mass is 10.1. The molecule has 0 heterocycles. The number of rotatable bonds is 0. The fourth-order valence-electron chi connectivity index (χ4n) is 1.25. The van der Waals surface area contributed by atoms with Crippen molar-refractivity contribution in [2.24, 2.45) is 0 Å². The Morgan fingerprint density at radius 2 is 2.00 bits per heavy atom. The van der Waals surface area contributed by atoms with Gasteiger partial charge in [-0.15, -0.1) is 0 Å². The first-order chi connectivity index (χ1) is 4.86. The van der Waals surface area contributed by atoms with Crippen molar-refractivity contribution in [3.63, 3.8) is 0 Å². The van der Waals surface area contributed by atoms with Gasteiger partial charge in [0, 0.05) is 6.42 Å². The maximum Gasteiger partial charge on any atom is 0.0131 e. The molecule has 1 aromatic rings. The van der Waals surface area contributed by atoms with E-state index in [0.29, 0.717) is 0 Å². The van der Waals surface area contributed by atoms with Crippen LogP contribution in [-0.2, 0) is 0 Å². The SMILES string of the molecule is Cc1ccc2c(c1)C=C[CH]2. The third kappa shape index (κ3) is 0.766. The lowest BCUT2D eigenvalue weighted by Gasteiger charge is -1.97. The molecule has 0 nitrogen and oxygen atoms in total. The molecule has 0 spiro atoms. The summed E-state index contributed by atoms with van der Waals surface area (Å²) in [5.74, 6) is 0. The van der Waals surface area contributed by atoms with Crippen molar-refractivity contribution >= 4 is 6.08 Å². The topological polar surface area (TPSA) is 0 Å². The van der Waals surface area contributed by atoms with E-state index in [2.05, 4.69) is 43.7 Å². The highest BCUT2D eigenvalue weighted by molar-refractivity contribution is 5.65. The van der Waals surface area contributed by atoms with Gasteiger partial charge in [-0.3, -0.25) is 0 Å². The lowest BCUT2D eigenvalue weighted by Crippen LogP contribution is -1.79. The third-order valence-corrected chi connectivity index (χ3v) is 1.79. The summed E-state index contributed by atoms with van der Waals surface area (Å²) in [5.41, 5.74) is 4.02. The third-order valence-electron chi connectivity index (χ3n) is 1.79. The molecule has 0 atom stereocenters. The summed E-state index contributed by atoms with van der Waals surface area (Å²) in [4.78, 5) is 0. The van der Waals surface area contributed by atoms with E-state index in [1.165, 1.54) is 16.7 Å². The van der Waals surface area contributed by atoms with Crippen molar-refractivity contribution in [2.45, 2.75) is 6.92 Å². The highest BCUT2D eigenvalue weighted by Crippen LogP contribution is 2.21. The zero-order valence-electron chi connectivity index (χ0n) is 5.96. The van der Waals surface area contributed by atoms with E-state index in [-0.39, 0.29) is 0 Å².